The monoisotopic (exact) mass is 502 g/mol. The fourth-order valence-corrected chi connectivity index (χ4v) is 7.73. The normalized spacial score (nSPS) is 28.1. The Kier molecular flexibility index (Phi) is 6.37. The van der Waals surface area contributed by atoms with Gasteiger partial charge in [0.05, 0.1) is 0 Å². The first-order valence-electron chi connectivity index (χ1n) is 14.0. The number of fused-ring (bicyclic) bond motifs is 1. The van der Waals surface area contributed by atoms with Gasteiger partial charge in [-0.25, -0.2) is 0 Å². The van der Waals surface area contributed by atoms with Crippen molar-refractivity contribution < 1.29 is 19.1 Å². The van der Waals surface area contributed by atoms with Crippen LogP contribution in [0, 0.1) is 23.7 Å². The molecule has 6 heteroatoms. The minimum absolute atomic E-state index is 0.208. The molecular weight excluding hydrogens is 464 g/mol. The molecule has 37 heavy (non-hydrogen) atoms. The van der Waals surface area contributed by atoms with Crippen molar-refractivity contribution >= 4 is 17.5 Å². The summed E-state index contributed by atoms with van der Waals surface area (Å²) in [6, 6.07) is 13.0. The Morgan fingerprint density at radius 1 is 0.892 bits per heavy atom. The maximum atomic E-state index is 13.2. The van der Waals surface area contributed by atoms with Crippen LogP contribution >= 0.6 is 0 Å². The fourth-order valence-electron chi connectivity index (χ4n) is 7.73. The summed E-state index contributed by atoms with van der Waals surface area (Å²) in [4.78, 5) is 26.4. The van der Waals surface area contributed by atoms with Gasteiger partial charge in [0.25, 0.3) is 5.91 Å². The van der Waals surface area contributed by atoms with Crippen molar-refractivity contribution in [2.24, 2.45) is 23.7 Å². The molecule has 4 bridgehead atoms. The lowest BCUT2D eigenvalue weighted by molar-refractivity contribution is -0.118. The Morgan fingerprint density at radius 2 is 1.51 bits per heavy atom. The van der Waals surface area contributed by atoms with Crippen LogP contribution in [-0.4, -0.2) is 31.1 Å². The Balaban J connectivity index is 1.13. The van der Waals surface area contributed by atoms with Crippen molar-refractivity contribution in [1.29, 1.82) is 0 Å². The van der Waals surface area contributed by atoms with E-state index in [1.807, 2.05) is 12.1 Å². The van der Waals surface area contributed by atoms with Crippen molar-refractivity contribution in [3.63, 3.8) is 0 Å². The number of amides is 2. The van der Waals surface area contributed by atoms with Gasteiger partial charge in [0.15, 0.2) is 11.5 Å². The van der Waals surface area contributed by atoms with Crippen LogP contribution in [0.3, 0.4) is 0 Å². The van der Waals surface area contributed by atoms with Crippen molar-refractivity contribution in [2.45, 2.75) is 70.3 Å². The standard InChI is InChI=1S/C31H38N2O4/c1-19(2)11-26(30(35)32-25-7-8-27-28(15-25)37-10-9-36-27)33-29(34)23-3-5-24(6-4-23)31-16-20-12-21(17-31)14-22(13-20)18-31/h3-8,15,19-22,26H,9-14,16-18H2,1-2H3,(H,32,35)(H,33,34)/t20?,21?,22?,26-,31?/m1/s1. The number of hydrogen-bond donors (Lipinski definition) is 2. The minimum Gasteiger partial charge on any atom is -0.486 e. The molecule has 0 unspecified atom stereocenters. The third-order valence-corrected chi connectivity index (χ3v) is 8.94. The predicted octanol–water partition coefficient (Wildman–Crippen LogP) is 5.71. The minimum atomic E-state index is -0.636. The van der Waals surface area contributed by atoms with E-state index in [-0.39, 0.29) is 17.7 Å². The Hall–Kier alpha value is -3.02. The van der Waals surface area contributed by atoms with E-state index in [1.54, 1.807) is 18.2 Å². The van der Waals surface area contributed by atoms with Crippen LogP contribution in [0.15, 0.2) is 42.5 Å². The molecule has 2 amide bonds. The Morgan fingerprint density at radius 3 is 2.14 bits per heavy atom. The number of rotatable bonds is 7. The molecule has 196 valence electrons. The summed E-state index contributed by atoms with van der Waals surface area (Å²) >= 11 is 0. The molecule has 1 heterocycles. The van der Waals surface area contributed by atoms with E-state index in [0.717, 1.165) is 17.8 Å². The summed E-state index contributed by atoms with van der Waals surface area (Å²) in [6.45, 7) is 5.11. The summed E-state index contributed by atoms with van der Waals surface area (Å²) < 4.78 is 11.2. The molecule has 7 rings (SSSR count). The molecule has 0 spiro atoms. The van der Waals surface area contributed by atoms with Gasteiger partial charge in [-0.05, 0) is 104 Å². The second kappa shape index (κ2) is 9.70. The molecule has 0 radical (unpaired) electrons. The summed E-state index contributed by atoms with van der Waals surface area (Å²) in [7, 11) is 0. The Labute approximate surface area is 219 Å². The van der Waals surface area contributed by atoms with E-state index in [9.17, 15) is 9.59 Å². The third-order valence-electron chi connectivity index (χ3n) is 8.94. The second-order valence-electron chi connectivity index (χ2n) is 12.3. The van der Waals surface area contributed by atoms with E-state index < -0.39 is 6.04 Å². The highest BCUT2D eigenvalue weighted by Gasteiger charge is 2.51. The Bertz CT molecular complexity index is 1140. The largest absolute Gasteiger partial charge is 0.486 e. The highest BCUT2D eigenvalue weighted by atomic mass is 16.6. The van der Waals surface area contributed by atoms with Crippen molar-refractivity contribution in [3.05, 3.63) is 53.6 Å². The van der Waals surface area contributed by atoms with E-state index in [2.05, 4.69) is 36.6 Å². The van der Waals surface area contributed by atoms with Gasteiger partial charge in [-0.3, -0.25) is 9.59 Å². The zero-order valence-electron chi connectivity index (χ0n) is 21.9. The zero-order valence-corrected chi connectivity index (χ0v) is 21.9. The number of ether oxygens (including phenoxy) is 2. The first-order chi connectivity index (χ1) is 17.9. The quantitative estimate of drug-likeness (QED) is 0.509. The van der Waals surface area contributed by atoms with E-state index >= 15 is 0 Å². The molecule has 0 aromatic heterocycles. The number of benzene rings is 2. The highest BCUT2D eigenvalue weighted by Crippen LogP contribution is 2.60. The molecule has 4 fully saturated rings. The third kappa shape index (κ3) is 4.95. The van der Waals surface area contributed by atoms with Crippen LogP contribution in [0.25, 0.3) is 0 Å². The van der Waals surface area contributed by atoms with E-state index in [0.29, 0.717) is 47.8 Å². The highest BCUT2D eigenvalue weighted by molar-refractivity contribution is 6.01. The number of carbonyl (C=O) groups excluding carboxylic acids is 2. The fraction of sp³-hybridized carbons (Fsp3) is 0.548. The maximum absolute atomic E-state index is 13.2. The van der Waals surface area contributed by atoms with Gasteiger partial charge in [-0.1, -0.05) is 26.0 Å². The van der Waals surface area contributed by atoms with Crippen LogP contribution in [-0.2, 0) is 10.2 Å². The molecule has 6 nitrogen and oxygen atoms in total. The van der Waals surface area contributed by atoms with Crippen LogP contribution < -0.4 is 20.1 Å². The lowest BCUT2D eigenvalue weighted by Gasteiger charge is -2.57. The molecule has 1 aliphatic heterocycles. The molecule has 1 atom stereocenters. The number of anilines is 1. The molecule has 2 aromatic carbocycles. The molecule has 5 aliphatic rings. The van der Waals surface area contributed by atoms with Crippen molar-refractivity contribution in [3.8, 4) is 11.5 Å². The predicted molar refractivity (Wildman–Crippen MR) is 143 cm³/mol. The molecule has 4 saturated carbocycles. The van der Waals surface area contributed by atoms with Crippen LogP contribution in [0.4, 0.5) is 5.69 Å². The number of carbonyl (C=O) groups is 2. The van der Waals surface area contributed by atoms with Gasteiger partial charge in [0.1, 0.15) is 19.3 Å². The van der Waals surface area contributed by atoms with Crippen molar-refractivity contribution in [2.75, 3.05) is 18.5 Å². The average Bonchev–Trinajstić information content (AvgIpc) is 2.87. The molecule has 0 saturated heterocycles. The topological polar surface area (TPSA) is 76.7 Å². The summed E-state index contributed by atoms with van der Waals surface area (Å²) in [5.74, 6) is 3.76. The van der Waals surface area contributed by atoms with Crippen LogP contribution in [0.5, 0.6) is 11.5 Å². The van der Waals surface area contributed by atoms with E-state index in [4.69, 9.17) is 9.47 Å². The molecule has 4 aliphatic carbocycles. The van der Waals surface area contributed by atoms with Gasteiger partial charge in [-0.15, -0.1) is 0 Å². The molecule has 2 aromatic rings. The van der Waals surface area contributed by atoms with Gasteiger partial charge >= 0.3 is 0 Å². The molecular formula is C31H38N2O4. The summed E-state index contributed by atoms with van der Waals surface area (Å²) in [5.41, 5.74) is 2.94. The van der Waals surface area contributed by atoms with Gasteiger partial charge in [-0.2, -0.15) is 0 Å². The first kappa shape index (κ1) is 24.3. The summed E-state index contributed by atoms with van der Waals surface area (Å²) in [5, 5.41) is 5.94. The van der Waals surface area contributed by atoms with Gasteiger partial charge < -0.3 is 20.1 Å². The maximum Gasteiger partial charge on any atom is 0.251 e. The van der Waals surface area contributed by atoms with Crippen LogP contribution in [0.1, 0.15) is 74.7 Å². The smallest absolute Gasteiger partial charge is 0.251 e. The number of hydrogen-bond acceptors (Lipinski definition) is 4. The van der Waals surface area contributed by atoms with Gasteiger partial charge in [0.2, 0.25) is 5.91 Å². The van der Waals surface area contributed by atoms with Crippen LogP contribution in [0.2, 0.25) is 0 Å². The van der Waals surface area contributed by atoms with E-state index in [1.165, 1.54) is 44.1 Å². The zero-order chi connectivity index (χ0) is 25.6. The summed E-state index contributed by atoms with van der Waals surface area (Å²) in [6.07, 6.45) is 8.73. The first-order valence-corrected chi connectivity index (χ1v) is 14.0. The molecule has 2 N–H and O–H groups in total. The van der Waals surface area contributed by atoms with Crippen molar-refractivity contribution in [1.82, 2.24) is 5.32 Å². The number of nitrogens with one attached hydrogen (secondary N) is 2. The average molecular weight is 503 g/mol. The SMILES string of the molecule is CC(C)C[C@@H](NC(=O)c1ccc(C23CC4CC(CC(C4)C2)C3)cc1)C(=O)Nc1ccc2c(c1)OCCO2. The lowest BCUT2D eigenvalue weighted by atomic mass is 9.48. The second-order valence-corrected chi connectivity index (χ2v) is 12.3. The van der Waals surface area contributed by atoms with Gasteiger partial charge in [0, 0.05) is 17.3 Å². The lowest BCUT2D eigenvalue weighted by Crippen LogP contribution is -2.48.